The molecule has 1 fully saturated rings. The first-order valence-corrected chi connectivity index (χ1v) is 10.9. The average molecular weight is 475 g/mol. The van der Waals surface area contributed by atoms with Gasteiger partial charge >= 0.3 is 6.03 Å². The number of amides is 2. The molecule has 0 saturated heterocycles. The number of hydrogen-bond acceptors (Lipinski definition) is 7. The predicted octanol–water partition coefficient (Wildman–Crippen LogP) is 2.89. The van der Waals surface area contributed by atoms with E-state index in [4.69, 9.17) is 33.7 Å². The number of carbonyl (C=O) groups excluding carboxylic acids is 1. The van der Waals surface area contributed by atoms with Crippen molar-refractivity contribution in [3.8, 4) is 17.0 Å². The summed E-state index contributed by atoms with van der Waals surface area (Å²) in [6.45, 7) is 1.50. The molecule has 0 atom stereocenters. The molecule has 0 radical (unpaired) electrons. The molecule has 2 amide bonds. The smallest absolute Gasteiger partial charge is 0.318 e. The van der Waals surface area contributed by atoms with Crippen LogP contribution in [0.25, 0.3) is 11.3 Å². The van der Waals surface area contributed by atoms with E-state index in [1.54, 1.807) is 34.1 Å². The molecular formula is C20H20Cl2N8O2. The SMILES string of the molecule is Nc1nc2c(c(-c3c(Cl)cc(Cl)cc3OCCn3ccnn3)n1)CN(C(=O)NC1CC1)C2. The van der Waals surface area contributed by atoms with Gasteiger partial charge in [-0.25, -0.2) is 19.4 Å². The van der Waals surface area contributed by atoms with Crippen molar-refractivity contribution < 1.29 is 9.53 Å². The van der Waals surface area contributed by atoms with Crippen molar-refractivity contribution in [1.29, 1.82) is 0 Å². The van der Waals surface area contributed by atoms with Gasteiger partial charge in [-0.2, -0.15) is 0 Å². The zero-order valence-electron chi connectivity index (χ0n) is 17.0. The summed E-state index contributed by atoms with van der Waals surface area (Å²) in [4.78, 5) is 23.1. The fraction of sp³-hybridized carbons (Fsp3) is 0.350. The number of benzene rings is 1. The number of carbonyl (C=O) groups is 1. The van der Waals surface area contributed by atoms with E-state index in [1.807, 2.05) is 0 Å². The molecule has 10 nitrogen and oxygen atoms in total. The van der Waals surface area contributed by atoms with Gasteiger partial charge in [0.05, 0.1) is 47.8 Å². The lowest BCUT2D eigenvalue weighted by Crippen LogP contribution is -2.37. The Hall–Kier alpha value is -3.11. The lowest BCUT2D eigenvalue weighted by atomic mass is 10.0. The third-order valence-corrected chi connectivity index (χ3v) is 5.81. The van der Waals surface area contributed by atoms with E-state index in [0.717, 1.165) is 18.4 Å². The molecule has 0 unspecified atom stereocenters. The predicted molar refractivity (Wildman–Crippen MR) is 118 cm³/mol. The van der Waals surface area contributed by atoms with E-state index < -0.39 is 0 Å². The van der Waals surface area contributed by atoms with Crippen LogP contribution >= 0.6 is 23.2 Å². The summed E-state index contributed by atoms with van der Waals surface area (Å²) in [6.07, 6.45) is 5.37. The van der Waals surface area contributed by atoms with Gasteiger partial charge in [0.1, 0.15) is 12.4 Å². The quantitative estimate of drug-likeness (QED) is 0.562. The van der Waals surface area contributed by atoms with Gasteiger partial charge in [0.2, 0.25) is 5.95 Å². The van der Waals surface area contributed by atoms with E-state index in [9.17, 15) is 4.79 Å². The van der Waals surface area contributed by atoms with Gasteiger partial charge < -0.3 is 20.7 Å². The topological polar surface area (TPSA) is 124 Å². The first kappa shape index (κ1) is 20.8. The molecule has 1 saturated carbocycles. The summed E-state index contributed by atoms with van der Waals surface area (Å²) in [5.41, 5.74) is 8.58. The lowest BCUT2D eigenvalue weighted by Gasteiger charge is -2.17. The summed E-state index contributed by atoms with van der Waals surface area (Å²) in [6, 6.07) is 3.44. The molecule has 12 heteroatoms. The minimum atomic E-state index is -0.124. The Kier molecular flexibility index (Phi) is 5.48. The Balaban J connectivity index is 1.46. The maximum atomic E-state index is 12.6. The normalized spacial score (nSPS) is 15.0. The van der Waals surface area contributed by atoms with Gasteiger partial charge in [-0.1, -0.05) is 28.4 Å². The average Bonchev–Trinajstić information content (AvgIpc) is 3.22. The summed E-state index contributed by atoms with van der Waals surface area (Å²) < 4.78 is 7.67. The highest BCUT2D eigenvalue weighted by Gasteiger charge is 2.33. The summed E-state index contributed by atoms with van der Waals surface area (Å²) >= 11 is 12.8. The second kappa shape index (κ2) is 8.44. The van der Waals surface area contributed by atoms with Crippen molar-refractivity contribution in [2.24, 2.45) is 0 Å². The zero-order valence-corrected chi connectivity index (χ0v) is 18.5. The number of fused-ring (bicyclic) bond motifs is 1. The van der Waals surface area contributed by atoms with Crippen LogP contribution in [-0.2, 0) is 19.6 Å². The van der Waals surface area contributed by atoms with Gasteiger partial charge in [0.15, 0.2) is 0 Å². The van der Waals surface area contributed by atoms with Crippen LogP contribution in [0.1, 0.15) is 24.1 Å². The first-order chi connectivity index (χ1) is 15.5. The van der Waals surface area contributed by atoms with Crippen LogP contribution in [0.15, 0.2) is 24.5 Å². The van der Waals surface area contributed by atoms with Gasteiger partial charge in [0.25, 0.3) is 0 Å². The number of anilines is 1. The van der Waals surface area contributed by atoms with Gasteiger partial charge in [-0.3, -0.25) is 0 Å². The van der Waals surface area contributed by atoms with Crippen LogP contribution in [0.5, 0.6) is 5.75 Å². The third kappa shape index (κ3) is 4.28. The van der Waals surface area contributed by atoms with Gasteiger partial charge in [-0.15, -0.1) is 5.10 Å². The molecule has 166 valence electrons. The van der Waals surface area contributed by atoms with Crippen molar-refractivity contribution in [2.75, 3.05) is 12.3 Å². The number of nitrogens with two attached hydrogens (primary N) is 1. The van der Waals surface area contributed by atoms with E-state index in [1.165, 1.54) is 0 Å². The number of aromatic nitrogens is 5. The minimum Gasteiger partial charge on any atom is -0.491 e. The molecule has 2 aromatic heterocycles. The van der Waals surface area contributed by atoms with Crippen molar-refractivity contribution in [2.45, 2.75) is 38.5 Å². The monoisotopic (exact) mass is 474 g/mol. The Morgan fingerprint density at radius 3 is 2.84 bits per heavy atom. The highest BCUT2D eigenvalue weighted by molar-refractivity contribution is 6.37. The number of nitrogen functional groups attached to an aromatic ring is 1. The molecule has 1 aromatic carbocycles. The molecule has 1 aliphatic carbocycles. The maximum Gasteiger partial charge on any atom is 0.318 e. The summed E-state index contributed by atoms with van der Waals surface area (Å²) in [5, 5.41) is 11.5. The van der Waals surface area contributed by atoms with Crippen LogP contribution in [-0.4, -0.2) is 48.5 Å². The Morgan fingerprint density at radius 2 is 2.09 bits per heavy atom. The molecule has 1 aliphatic heterocycles. The number of halogens is 2. The third-order valence-electron chi connectivity index (χ3n) is 5.30. The number of urea groups is 1. The van der Waals surface area contributed by atoms with Crippen LogP contribution in [0.2, 0.25) is 10.0 Å². The molecule has 3 aromatic rings. The van der Waals surface area contributed by atoms with Gasteiger partial charge in [-0.05, 0) is 25.0 Å². The first-order valence-electron chi connectivity index (χ1n) is 10.1. The number of rotatable bonds is 6. The second-order valence-corrected chi connectivity index (χ2v) is 8.55. The molecular weight excluding hydrogens is 455 g/mol. The molecule has 3 heterocycles. The van der Waals surface area contributed by atoms with Crippen molar-refractivity contribution in [3.05, 3.63) is 45.8 Å². The molecule has 0 spiro atoms. The molecule has 32 heavy (non-hydrogen) atoms. The maximum absolute atomic E-state index is 12.6. The molecule has 0 bridgehead atoms. The standard InChI is InChI=1S/C20H20Cl2N8O2/c21-11-7-14(22)17(16(8-11)32-6-5-30-4-3-24-28-30)18-13-9-29(20(31)25-12-1-2-12)10-15(13)26-19(23)27-18/h3-4,7-8,12H,1-2,5-6,9-10H2,(H,25,31)(H2,23,26,27). The van der Waals surface area contributed by atoms with E-state index in [2.05, 4.69) is 25.6 Å². The fourth-order valence-electron chi connectivity index (χ4n) is 3.61. The fourth-order valence-corrected chi connectivity index (χ4v) is 4.18. The van der Waals surface area contributed by atoms with Crippen LogP contribution in [0, 0.1) is 0 Å². The highest BCUT2D eigenvalue weighted by atomic mass is 35.5. The Bertz CT molecular complexity index is 1170. The highest BCUT2D eigenvalue weighted by Crippen LogP contribution is 2.42. The lowest BCUT2D eigenvalue weighted by molar-refractivity contribution is 0.197. The molecule has 3 N–H and O–H groups in total. The van der Waals surface area contributed by atoms with Crippen molar-refractivity contribution in [1.82, 2.24) is 35.2 Å². The summed E-state index contributed by atoms with van der Waals surface area (Å²) in [7, 11) is 0. The Labute approximate surface area is 193 Å². The minimum absolute atomic E-state index is 0.0998. The van der Waals surface area contributed by atoms with Gasteiger partial charge in [0, 0.05) is 22.8 Å². The number of nitrogens with one attached hydrogen (secondary N) is 1. The molecule has 2 aliphatic rings. The number of ether oxygens (including phenoxy) is 1. The van der Waals surface area contributed by atoms with Crippen molar-refractivity contribution >= 4 is 35.2 Å². The van der Waals surface area contributed by atoms with E-state index in [0.29, 0.717) is 59.0 Å². The number of nitrogens with zero attached hydrogens (tertiary/aromatic N) is 6. The number of hydrogen-bond donors (Lipinski definition) is 2. The summed E-state index contributed by atoms with van der Waals surface area (Å²) in [5.74, 6) is 0.562. The van der Waals surface area contributed by atoms with Crippen LogP contribution in [0.3, 0.4) is 0 Å². The molecule has 5 rings (SSSR count). The van der Waals surface area contributed by atoms with Crippen LogP contribution < -0.4 is 15.8 Å². The van der Waals surface area contributed by atoms with Crippen LogP contribution in [0.4, 0.5) is 10.7 Å². The second-order valence-electron chi connectivity index (χ2n) is 7.71. The van der Waals surface area contributed by atoms with E-state index in [-0.39, 0.29) is 18.0 Å². The largest absolute Gasteiger partial charge is 0.491 e. The van der Waals surface area contributed by atoms with E-state index >= 15 is 0 Å². The zero-order chi connectivity index (χ0) is 22.2. The Morgan fingerprint density at radius 1 is 1.25 bits per heavy atom. The van der Waals surface area contributed by atoms with Crippen molar-refractivity contribution in [3.63, 3.8) is 0 Å².